The van der Waals surface area contributed by atoms with Gasteiger partial charge in [-0.15, -0.1) is 20.5 Å². The molecule has 2 aromatic heterocycles. The zero-order chi connectivity index (χ0) is 26.0. The number of imidazole rings is 2. The third-order valence-electron chi connectivity index (χ3n) is 5.82. The van der Waals surface area contributed by atoms with E-state index in [1.807, 2.05) is 98.2 Å². The maximum Gasteiger partial charge on any atom is 0.249 e. The van der Waals surface area contributed by atoms with Crippen molar-refractivity contribution < 1.29 is 4.74 Å². The van der Waals surface area contributed by atoms with Gasteiger partial charge in [-0.2, -0.15) is 0 Å². The van der Waals surface area contributed by atoms with E-state index in [1.165, 1.54) is 0 Å². The summed E-state index contributed by atoms with van der Waals surface area (Å²) in [6.45, 7) is 2.84. The number of hydrogen-bond donors (Lipinski definition) is 0. The van der Waals surface area contributed by atoms with Gasteiger partial charge in [0, 0.05) is 77.4 Å². The van der Waals surface area contributed by atoms with Gasteiger partial charge in [-0.1, -0.05) is 0 Å². The Balaban J connectivity index is 1.15. The molecule has 0 aliphatic rings. The van der Waals surface area contributed by atoms with Gasteiger partial charge in [0.1, 0.15) is 0 Å². The van der Waals surface area contributed by atoms with Gasteiger partial charge in [-0.3, -0.25) is 0 Å². The minimum Gasteiger partial charge on any atom is -0.378 e. The molecule has 0 bridgehead atoms. The second-order valence-electron chi connectivity index (χ2n) is 8.56. The lowest BCUT2D eigenvalue weighted by molar-refractivity contribution is 0.147. The second-order valence-corrected chi connectivity index (χ2v) is 8.56. The fourth-order valence-corrected chi connectivity index (χ4v) is 3.42. The van der Waals surface area contributed by atoms with E-state index in [2.05, 4.69) is 40.2 Å². The highest BCUT2D eigenvalue weighted by Gasteiger charge is 2.04. The van der Waals surface area contributed by atoms with Gasteiger partial charge in [0.05, 0.1) is 24.6 Å². The summed E-state index contributed by atoms with van der Waals surface area (Å²) in [4.78, 5) is 12.6. The van der Waals surface area contributed by atoms with Crippen LogP contribution in [0.2, 0.25) is 0 Å². The van der Waals surface area contributed by atoms with Crippen molar-refractivity contribution in [3.8, 4) is 0 Å². The first-order valence-corrected chi connectivity index (χ1v) is 12.0. The van der Waals surface area contributed by atoms with E-state index in [-0.39, 0.29) is 0 Å². The van der Waals surface area contributed by atoms with Crippen molar-refractivity contribution >= 4 is 34.6 Å². The molecule has 4 aromatic rings. The topological polar surface area (TPSA) is 101 Å². The Morgan fingerprint density at radius 3 is 1.41 bits per heavy atom. The molecule has 0 saturated heterocycles. The molecular weight excluding hydrogens is 468 g/mol. The Hall–Kier alpha value is -4.38. The molecule has 11 nitrogen and oxygen atoms in total. The molecule has 0 fully saturated rings. The average molecular weight is 501 g/mol. The lowest BCUT2D eigenvalue weighted by Gasteiger charge is -2.21. The van der Waals surface area contributed by atoms with Gasteiger partial charge in [0.2, 0.25) is 11.9 Å². The molecule has 0 spiro atoms. The lowest BCUT2D eigenvalue weighted by atomic mass is 10.2. The number of aromatic nitrogens is 4. The summed E-state index contributed by atoms with van der Waals surface area (Å²) in [5.41, 5.74) is 3.75. The van der Waals surface area contributed by atoms with E-state index >= 15 is 0 Å². The van der Waals surface area contributed by atoms with Crippen molar-refractivity contribution in [1.82, 2.24) is 19.1 Å². The van der Waals surface area contributed by atoms with Crippen molar-refractivity contribution in [2.45, 2.75) is 0 Å². The molecule has 0 N–H and O–H groups in total. The summed E-state index contributed by atoms with van der Waals surface area (Å²) >= 11 is 0. The van der Waals surface area contributed by atoms with Crippen LogP contribution in [-0.2, 0) is 18.8 Å². The molecule has 0 aliphatic carbocycles. The minimum atomic E-state index is 0.573. The number of hydrogen-bond acceptors (Lipinski definition) is 9. The van der Waals surface area contributed by atoms with E-state index < -0.39 is 0 Å². The summed E-state index contributed by atoms with van der Waals surface area (Å²) in [6.07, 6.45) is 7.07. The van der Waals surface area contributed by atoms with E-state index in [0.717, 1.165) is 35.8 Å². The summed E-state index contributed by atoms with van der Waals surface area (Å²) < 4.78 is 9.51. The van der Waals surface area contributed by atoms with Crippen LogP contribution < -0.4 is 9.80 Å². The molecule has 0 saturated carbocycles. The van der Waals surface area contributed by atoms with Crippen molar-refractivity contribution in [1.29, 1.82) is 0 Å². The molecule has 37 heavy (non-hydrogen) atoms. The number of aryl methyl sites for hydroxylation is 2. The number of ether oxygens (including phenoxy) is 1. The Morgan fingerprint density at radius 1 is 0.649 bits per heavy atom. The van der Waals surface area contributed by atoms with Crippen LogP contribution in [-0.4, -0.2) is 59.5 Å². The molecule has 0 unspecified atom stereocenters. The van der Waals surface area contributed by atoms with Gasteiger partial charge in [0.15, 0.2) is 0 Å². The van der Waals surface area contributed by atoms with Crippen molar-refractivity contribution in [3.63, 3.8) is 0 Å². The van der Waals surface area contributed by atoms with Crippen LogP contribution in [0.1, 0.15) is 0 Å². The molecule has 0 aliphatic heterocycles. The Morgan fingerprint density at radius 2 is 1.05 bits per heavy atom. The quantitative estimate of drug-likeness (QED) is 0.187. The van der Waals surface area contributed by atoms with Crippen LogP contribution in [0.25, 0.3) is 0 Å². The smallest absolute Gasteiger partial charge is 0.249 e. The minimum absolute atomic E-state index is 0.573. The largest absolute Gasteiger partial charge is 0.378 e. The van der Waals surface area contributed by atoms with E-state index in [9.17, 15) is 0 Å². The van der Waals surface area contributed by atoms with Gasteiger partial charge in [0.25, 0.3) is 0 Å². The summed E-state index contributed by atoms with van der Waals surface area (Å²) in [7, 11) is 7.87. The second kappa shape index (κ2) is 12.5. The zero-order valence-corrected chi connectivity index (χ0v) is 21.6. The molecule has 0 amide bonds. The van der Waals surface area contributed by atoms with Crippen LogP contribution in [0.5, 0.6) is 0 Å². The highest BCUT2D eigenvalue weighted by molar-refractivity contribution is 5.53. The number of nitrogens with zero attached hydrogens (tertiary/aromatic N) is 10. The molecule has 192 valence electrons. The van der Waals surface area contributed by atoms with Crippen molar-refractivity contribution in [3.05, 3.63) is 73.3 Å². The van der Waals surface area contributed by atoms with E-state index in [1.54, 1.807) is 12.4 Å². The number of likely N-dealkylation sites (N-methyl/N-ethyl adjacent to an activating group) is 2. The highest BCUT2D eigenvalue weighted by Crippen LogP contribution is 2.22. The highest BCUT2D eigenvalue weighted by atomic mass is 16.5. The maximum atomic E-state index is 5.88. The van der Waals surface area contributed by atoms with Gasteiger partial charge in [-0.25, -0.2) is 9.97 Å². The first kappa shape index (κ1) is 25.7. The van der Waals surface area contributed by atoms with Crippen LogP contribution in [0, 0.1) is 0 Å². The summed E-state index contributed by atoms with van der Waals surface area (Å²) in [5, 5.41) is 16.8. The molecule has 0 atom stereocenters. The number of benzene rings is 2. The molecule has 11 heteroatoms. The summed E-state index contributed by atoms with van der Waals surface area (Å²) in [6, 6.07) is 15.9. The molecular formula is C26H32N10O. The molecule has 0 radical (unpaired) electrons. The van der Waals surface area contributed by atoms with Gasteiger partial charge in [-0.05, 0) is 48.5 Å². The van der Waals surface area contributed by atoms with Crippen LogP contribution in [0.4, 0.5) is 34.6 Å². The maximum absolute atomic E-state index is 5.88. The Bertz CT molecular complexity index is 1210. The molecule has 2 aromatic carbocycles. The third kappa shape index (κ3) is 7.31. The van der Waals surface area contributed by atoms with Crippen molar-refractivity contribution in [2.75, 3.05) is 50.2 Å². The van der Waals surface area contributed by atoms with Gasteiger partial charge < -0.3 is 23.7 Å². The normalized spacial score (nSPS) is 11.6. The van der Waals surface area contributed by atoms with Crippen LogP contribution in [0.3, 0.4) is 0 Å². The van der Waals surface area contributed by atoms with E-state index in [0.29, 0.717) is 25.1 Å². The number of anilines is 2. The zero-order valence-electron chi connectivity index (χ0n) is 21.6. The van der Waals surface area contributed by atoms with E-state index in [4.69, 9.17) is 4.74 Å². The fourth-order valence-electron chi connectivity index (χ4n) is 3.42. The SMILES string of the molecule is CN(CCOCCN(C)c1ccc(N=Nc2nccn2C)cc1)c1ccc(N=Nc2nccn2C)cc1. The average Bonchev–Trinajstić information content (AvgIpc) is 3.53. The number of azo groups is 2. The third-order valence-corrected chi connectivity index (χ3v) is 5.82. The first-order valence-electron chi connectivity index (χ1n) is 12.0. The lowest BCUT2D eigenvalue weighted by Crippen LogP contribution is -2.26. The predicted octanol–water partition coefficient (Wildman–Crippen LogP) is 5.57. The first-order chi connectivity index (χ1) is 18.0. The Labute approximate surface area is 216 Å². The predicted molar refractivity (Wildman–Crippen MR) is 145 cm³/mol. The fraction of sp³-hybridized carbons (Fsp3) is 0.308. The molecule has 2 heterocycles. The summed E-state index contributed by atoms with van der Waals surface area (Å²) in [5.74, 6) is 1.15. The Kier molecular flexibility index (Phi) is 8.71. The van der Waals surface area contributed by atoms with Crippen LogP contribution in [0.15, 0.2) is 93.8 Å². The van der Waals surface area contributed by atoms with Gasteiger partial charge >= 0.3 is 0 Å². The number of rotatable bonds is 12. The van der Waals surface area contributed by atoms with Crippen LogP contribution >= 0.6 is 0 Å². The molecule has 4 rings (SSSR count). The standard InChI is InChI=1S/C26H32N10O/c1-33(23-9-5-21(6-10-23)29-31-25-27-13-15-35(25)3)17-19-37-20-18-34(2)24-11-7-22(8-12-24)30-32-26-28-14-16-36(26)4/h5-16H,17-20H2,1-4H3. The van der Waals surface area contributed by atoms with Crippen molar-refractivity contribution in [2.24, 2.45) is 34.6 Å². The monoisotopic (exact) mass is 500 g/mol.